The van der Waals surface area contributed by atoms with Crippen molar-refractivity contribution in [2.75, 3.05) is 5.73 Å². The van der Waals surface area contributed by atoms with Crippen LogP contribution in [0.4, 0.5) is 5.95 Å². The number of nitrogens with zero attached hydrogens (tertiary/aromatic N) is 1. The number of aryl methyl sites for hydroxylation is 1. The second kappa shape index (κ2) is 8.25. The van der Waals surface area contributed by atoms with Gasteiger partial charge in [0, 0.05) is 6.07 Å². The number of ether oxygens (including phenoxy) is 2. The molecule has 3 N–H and O–H groups in total. The smallest absolute Gasteiger partial charge is 0.295 e. The Balaban J connectivity index is 1.46. The van der Waals surface area contributed by atoms with Crippen molar-refractivity contribution >= 4 is 5.95 Å². The van der Waals surface area contributed by atoms with Crippen LogP contribution in [0, 0.1) is 11.8 Å². The molecular weight excluding hydrogens is 354 g/mol. The predicted molar refractivity (Wildman–Crippen MR) is 109 cm³/mol. The van der Waals surface area contributed by atoms with E-state index in [1.165, 1.54) is 32.1 Å². The van der Waals surface area contributed by atoms with E-state index in [1.54, 1.807) is 0 Å². The fraction of sp³-hybridized carbons (Fsp3) is 0.545. The Morgan fingerprint density at radius 3 is 2.75 bits per heavy atom. The van der Waals surface area contributed by atoms with Gasteiger partial charge in [0.1, 0.15) is 11.5 Å². The molecule has 0 aliphatic heterocycles. The van der Waals surface area contributed by atoms with E-state index in [4.69, 9.17) is 15.2 Å². The van der Waals surface area contributed by atoms with Crippen LogP contribution < -0.4 is 20.8 Å². The number of aromatic nitrogens is 2. The summed E-state index contributed by atoms with van der Waals surface area (Å²) >= 11 is 0. The Bertz CT molecular complexity index is 880. The molecule has 2 saturated carbocycles. The lowest BCUT2D eigenvalue weighted by Gasteiger charge is -2.39. The van der Waals surface area contributed by atoms with Gasteiger partial charge in [0.25, 0.3) is 5.56 Å². The molecule has 1 aromatic carbocycles. The van der Waals surface area contributed by atoms with E-state index in [0.717, 1.165) is 30.4 Å². The number of nitrogen functional groups attached to an aromatic ring is 1. The summed E-state index contributed by atoms with van der Waals surface area (Å²) in [6, 6.07) is 7.51. The maximum Gasteiger partial charge on any atom is 0.295 e. The van der Waals surface area contributed by atoms with Crippen LogP contribution in [-0.2, 0) is 6.42 Å². The summed E-state index contributed by atoms with van der Waals surface area (Å²) in [5.41, 5.74) is 5.81. The van der Waals surface area contributed by atoms with Crippen LogP contribution in [0.15, 0.2) is 29.1 Å². The van der Waals surface area contributed by atoms with E-state index in [-0.39, 0.29) is 23.4 Å². The van der Waals surface area contributed by atoms with Gasteiger partial charge in [-0.15, -0.1) is 0 Å². The highest BCUT2D eigenvalue weighted by molar-refractivity contribution is 5.39. The molecule has 3 atom stereocenters. The van der Waals surface area contributed by atoms with E-state index >= 15 is 0 Å². The zero-order valence-electron chi connectivity index (χ0n) is 16.4. The number of rotatable bonds is 5. The number of H-pyrrole nitrogens is 1. The zero-order valence-corrected chi connectivity index (χ0v) is 16.4. The summed E-state index contributed by atoms with van der Waals surface area (Å²) in [5, 5.41) is 0. The van der Waals surface area contributed by atoms with Gasteiger partial charge in [-0.3, -0.25) is 9.78 Å². The number of fused-ring (bicyclic) bond motifs is 1. The molecular formula is C22H29N3O3. The molecule has 0 amide bonds. The summed E-state index contributed by atoms with van der Waals surface area (Å²) in [4.78, 5) is 18.9. The monoisotopic (exact) mass is 383 g/mol. The molecule has 4 rings (SSSR count). The lowest BCUT2D eigenvalue weighted by Crippen LogP contribution is -2.33. The van der Waals surface area contributed by atoms with Crippen LogP contribution in [0.3, 0.4) is 0 Å². The molecule has 6 heteroatoms. The minimum absolute atomic E-state index is 0.101. The van der Waals surface area contributed by atoms with Crippen molar-refractivity contribution < 1.29 is 9.47 Å². The van der Waals surface area contributed by atoms with E-state index in [1.807, 2.05) is 31.2 Å². The van der Waals surface area contributed by atoms with Gasteiger partial charge in [-0.25, -0.2) is 4.98 Å². The molecule has 1 heterocycles. The number of nitrogens with two attached hydrogens (primary N) is 1. The molecule has 150 valence electrons. The molecule has 2 fully saturated rings. The lowest BCUT2D eigenvalue weighted by molar-refractivity contribution is 0.0646. The molecule has 0 spiro atoms. The van der Waals surface area contributed by atoms with Gasteiger partial charge in [0.2, 0.25) is 11.7 Å². The van der Waals surface area contributed by atoms with Gasteiger partial charge in [-0.2, -0.15) is 0 Å². The molecule has 0 radical (unpaired) electrons. The van der Waals surface area contributed by atoms with E-state index in [0.29, 0.717) is 17.9 Å². The van der Waals surface area contributed by atoms with Crippen LogP contribution in [-0.4, -0.2) is 16.1 Å². The lowest BCUT2D eigenvalue weighted by atomic mass is 9.70. The highest BCUT2D eigenvalue weighted by atomic mass is 16.5. The molecule has 3 unspecified atom stereocenters. The third-order valence-electron chi connectivity index (χ3n) is 6.12. The van der Waals surface area contributed by atoms with Gasteiger partial charge in [0.05, 0.1) is 11.8 Å². The minimum atomic E-state index is -0.369. The fourth-order valence-electron chi connectivity index (χ4n) is 4.73. The van der Waals surface area contributed by atoms with E-state index in [2.05, 4.69) is 9.97 Å². The molecule has 1 aromatic heterocycles. The Labute approximate surface area is 165 Å². The first-order valence-corrected chi connectivity index (χ1v) is 10.5. The summed E-state index contributed by atoms with van der Waals surface area (Å²) in [6.07, 6.45) is 9.87. The first kappa shape index (κ1) is 18.8. The Kier molecular flexibility index (Phi) is 5.55. The number of anilines is 1. The number of hydrogen-bond acceptors (Lipinski definition) is 5. The van der Waals surface area contributed by atoms with Crippen molar-refractivity contribution in [2.24, 2.45) is 11.8 Å². The van der Waals surface area contributed by atoms with E-state index < -0.39 is 0 Å². The van der Waals surface area contributed by atoms with Gasteiger partial charge >= 0.3 is 0 Å². The molecule has 2 aliphatic carbocycles. The minimum Gasteiger partial charge on any atom is -0.490 e. The standard InChI is InChI=1S/C22H29N3O3/c1-2-19-20(21(26)25-22(23)24-19)28-17-9-5-8-16(13-17)27-18-11-10-14-6-3-4-7-15(14)12-18/h5,8-9,13-15,18H,2-4,6-7,10-12H2,1H3,(H3,23,24,25,26). The van der Waals surface area contributed by atoms with Gasteiger partial charge in [-0.1, -0.05) is 38.7 Å². The van der Waals surface area contributed by atoms with Crippen molar-refractivity contribution in [1.82, 2.24) is 9.97 Å². The van der Waals surface area contributed by atoms with E-state index in [9.17, 15) is 4.79 Å². The quantitative estimate of drug-likeness (QED) is 0.796. The number of benzene rings is 1. The van der Waals surface area contributed by atoms with Gasteiger partial charge in [0.15, 0.2) is 0 Å². The van der Waals surface area contributed by atoms with Crippen molar-refractivity contribution in [3.8, 4) is 17.2 Å². The van der Waals surface area contributed by atoms with Crippen molar-refractivity contribution in [1.29, 1.82) is 0 Å². The van der Waals surface area contributed by atoms with Crippen LogP contribution in [0.2, 0.25) is 0 Å². The SMILES string of the molecule is CCc1nc(N)[nH]c(=O)c1Oc1cccc(OC2CCC3CCCCC3C2)c1. The van der Waals surface area contributed by atoms with Crippen molar-refractivity contribution in [2.45, 2.75) is 64.4 Å². The zero-order chi connectivity index (χ0) is 19.5. The number of nitrogens with one attached hydrogen (secondary N) is 1. The third kappa shape index (κ3) is 4.16. The average Bonchev–Trinajstić information content (AvgIpc) is 2.70. The van der Waals surface area contributed by atoms with Crippen molar-refractivity contribution in [3.05, 3.63) is 40.3 Å². The average molecular weight is 383 g/mol. The van der Waals surface area contributed by atoms with Gasteiger partial charge in [-0.05, 0) is 49.7 Å². The highest BCUT2D eigenvalue weighted by Gasteiger charge is 2.33. The Hall–Kier alpha value is -2.50. The van der Waals surface area contributed by atoms with Crippen LogP contribution in [0.1, 0.15) is 57.6 Å². The predicted octanol–water partition coefficient (Wildman–Crippen LogP) is 4.44. The topological polar surface area (TPSA) is 90.2 Å². The first-order chi connectivity index (χ1) is 13.6. The largest absolute Gasteiger partial charge is 0.490 e. The fourth-order valence-corrected chi connectivity index (χ4v) is 4.73. The summed E-state index contributed by atoms with van der Waals surface area (Å²) in [6.45, 7) is 1.91. The summed E-state index contributed by atoms with van der Waals surface area (Å²) < 4.78 is 12.1. The maximum absolute atomic E-state index is 12.2. The number of aromatic amines is 1. The third-order valence-corrected chi connectivity index (χ3v) is 6.12. The normalized spacial score (nSPS) is 24.4. The Morgan fingerprint density at radius 1 is 1.14 bits per heavy atom. The molecule has 2 aliphatic rings. The molecule has 0 saturated heterocycles. The first-order valence-electron chi connectivity index (χ1n) is 10.5. The number of hydrogen-bond donors (Lipinski definition) is 2. The second-order valence-corrected chi connectivity index (χ2v) is 8.01. The van der Waals surface area contributed by atoms with Crippen LogP contribution >= 0.6 is 0 Å². The summed E-state index contributed by atoms with van der Waals surface area (Å²) in [7, 11) is 0. The molecule has 6 nitrogen and oxygen atoms in total. The summed E-state index contributed by atoms with van der Waals surface area (Å²) in [5.74, 6) is 3.37. The highest BCUT2D eigenvalue weighted by Crippen LogP contribution is 2.41. The maximum atomic E-state index is 12.2. The van der Waals surface area contributed by atoms with Gasteiger partial charge < -0.3 is 15.2 Å². The Morgan fingerprint density at radius 2 is 1.93 bits per heavy atom. The van der Waals surface area contributed by atoms with Crippen LogP contribution in [0.25, 0.3) is 0 Å². The molecule has 28 heavy (non-hydrogen) atoms. The van der Waals surface area contributed by atoms with Crippen LogP contribution in [0.5, 0.6) is 17.2 Å². The molecule has 2 aromatic rings. The second-order valence-electron chi connectivity index (χ2n) is 8.01. The van der Waals surface area contributed by atoms with Crippen molar-refractivity contribution in [3.63, 3.8) is 0 Å². The molecule has 0 bridgehead atoms.